The zero-order valence-corrected chi connectivity index (χ0v) is 13.1. The Kier molecular flexibility index (Phi) is 4.50. The Morgan fingerprint density at radius 3 is 2.58 bits per heavy atom. The van der Waals surface area contributed by atoms with Crippen LogP contribution in [0.3, 0.4) is 0 Å². The van der Waals surface area contributed by atoms with Crippen molar-refractivity contribution >= 4 is 50.7 Å². The number of nitrogens with one attached hydrogen (secondary N) is 1. The van der Waals surface area contributed by atoms with Crippen molar-refractivity contribution in [1.82, 2.24) is 0 Å². The van der Waals surface area contributed by atoms with Gasteiger partial charge in [-0.1, -0.05) is 45.2 Å². The summed E-state index contributed by atoms with van der Waals surface area (Å²) in [5.41, 5.74) is 2.11. The molecule has 0 aliphatic carbocycles. The lowest BCUT2D eigenvalue weighted by molar-refractivity contribution is 0.102. The van der Waals surface area contributed by atoms with E-state index in [1.807, 2.05) is 19.1 Å². The van der Waals surface area contributed by atoms with Gasteiger partial charge in [0.1, 0.15) is 0 Å². The van der Waals surface area contributed by atoms with Gasteiger partial charge in [0.05, 0.1) is 10.0 Å². The minimum Gasteiger partial charge on any atom is -0.322 e. The molecule has 0 aromatic heterocycles. The normalized spacial score (nSPS) is 10.3. The molecule has 0 heterocycles. The molecule has 0 atom stereocenters. The van der Waals surface area contributed by atoms with Crippen molar-refractivity contribution in [3.05, 3.63) is 62.0 Å². The molecular weight excluding hydrogens is 349 g/mol. The molecule has 98 valence electrons. The van der Waals surface area contributed by atoms with Gasteiger partial charge in [0.15, 0.2) is 0 Å². The number of carbonyl (C=O) groups excluding carboxylic acids is 1. The zero-order valence-electron chi connectivity index (χ0n) is 10.0. The second kappa shape index (κ2) is 5.95. The molecule has 0 aliphatic rings. The first-order valence-electron chi connectivity index (χ1n) is 5.50. The molecule has 0 aliphatic heterocycles. The minimum atomic E-state index is -0.183. The van der Waals surface area contributed by atoms with Crippen molar-refractivity contribution in [3.63, 3.8) is 0 Å². The highest BCUT2D eigenvalue weighted by Crippen LogP contribution is 2.26. The summed E-state index contributed by atoms with van der Waals surface area (Å²) in [6.45, 7) is 1.88. The summed E-state index contributed by atoms with van der Waals surface area (Å²) in [6, 6.07) is 10.5. The highest BCUT2D eigenvalue weighted by atomic mass is 79.9. The second-order valence-electron chi connectivity index (χ2n) is 4.00. The predicted octanol–water partition coefficient (Wildman–Crippen LogP) is 5.32. The summed E-state index contributed by atoms with van der Waals surface area (Å²) in [5, 5.41) is 3.66. The Morgan fingerprint density at radius 2 is 1.89 bits per heavy atom. The Morgan fingerprint density at radius 1 is 1.16 bits per heavy atom. The number of carbonyl (C=O) groups is 1. The van der Waals surface area contributed by atoms with Crippen molar-refractivity contribution in [1.29, 1.82) is 0 Å². The Balaban J connectivity index is 2.26. The van der Waals surface area contributed by atoms with Crippen LogP contribution < -0.4 is 5.32 Å². The molecule has 2 aromatic rings. The molecule has 0 saturated carbocycles. The van der Waals surface area contributed by atoms with Crippen LogP contribution in [0.5, 0.6) is 0 Å². The highest BCUT2D eigenvalue weighted by Gasteiger charge is 2.11. The maximum Gasteiger partial charge on any atom is 0.255 e. The van der Waals surface area contributed by atoms with Gasteiger partial charge in [0.2, 0.25) is 0 Å². The largest absolute Gasteiger partial charge is 0.322 e. The van der Waals surface area contributed by atoms with E-state index >= 15 is 0 Å². The topological polar surface area (TPSA) is 29.1 Å². The maximum absolute atomic E-state index is 12.2. The second-order valence-corrected chi connectivity index (χ2v) is 5.66. The Hall–Kier alpha value is -1.03. The summed E-state index contributed by atoms with van der Waals surface area (Å²) in [7, 11) is 0. The molecule has 5 heteroatoms. The summed E-state index contributed by atoms with van der Waals surface area (Å²) in [4.78, 5) is 12.2. The van der Waals surface area contributed by atoms with Crippen molar-refractivity contribution < 1.29 is 4.79 Å². The van der Waals surface area contributed by atoms with E-state index in [9.17, 15) is 4.79 Å². The number of hydrogen-bond acceptors (Lipinski definition) is 1. The van der Waals surface area contributed by atoms with E-state index in [-0.39, 0.29) is 5.91 Å². The predicted molar refractivity (Wildman–Crippen MR) is 83.3 cm³/mol. The number of halogens is 3. The van der Waals surface area contributed by atoms with E-state index in [1.54, 1.807) is 24.3 Å². The third-order valence-electron chi connectivity index (χ3n) is 2.69. The van der Waals surface area contributed by atoms with Gasteiger partial charge in [-0.25, -0.2) is 0 Å². The first-order valence-corrected chi connectivity index (χ1v) is 7.05. The lowest BCUT2D eigenvalue weighted by Crippen LogP contribution is -2.13. The first kappa shape index (κ1) is 14.4. The van der Waals surface area contributed by atoms with Gasteiger partial charge >= 0.3 is 0 Å². The standard InChI is InChI=1S/C14H10BrCl2NO/c1-8-10(3-2-4-11(8)15)14(19)18-9-5-6-12(16)13(17)7-9/h2-7H,1H3,(H,18,19). The van der Waals surface area contributed by atoms with E-state index in [0.717, 1.165) is 10.0 Å². The van der Waals surface area contributed by atoms with Crippen molar-refractivity contribution in [3.8, 4) is 0 Å². The molecule has 2 aromatic carbocycles. The van der Waals surface area contributed by atoms with E-state index < -0.39 is 0 Å². The van der Waals surface area contributed by atoms with Gasteiger partial charge in [-0.3, -0.25) is 4.79 Å². The SMILES string of the molecule is Cc1c(Br)cccc1C(=O)Nc1ccc(Cl)c(Cl)c1. The molecule has 2 rings (SSSR count). The fourth-order valence-corrected chi connectivity index (χ4v) is 2.29. The summed E-state index contributed by atoms with van der Waals surface area (Å²) >= 11 is 15.1. The van der Waals surface area contributed by atoms with Crippen LogP contribution >= 0.6 is 39.1 Å². The quantitative estimate of drug-likeness (QED) is 0.773. The number of anilines is 1. The number of amides is 1. The molecule has 1 amide bonds. The highest BCUT2D eigenvalue weighted by molar-refractivity contribution is 9.10. The van der Waals surface area contributed by atoms with Gasteiger partial charge < -0.3 is 5.32 Å². The van der Waals surface area contributed by atoms with E-state index in [0.29, 0.717) is 21.3 Å². The van der Waals surface area contributed by atoms with Crippen LogP contribution in [0.25, 0.3) is 0 Å². The Bertz CT molecular complexity index is 643. The van der Waals surface area contributed by atoms with Gasteiger partial charge in [0.25, 0.3) is 5.91 Å². The van der Waals surface area contributed by atoms with Crippen molar-refractivity contribution in [2.24, 2.45) is 0 Å². The average Bonchev–Trinajstić information content (AvgIpc) is 2.37. The van der Waals surface area contributed by atoms with E-state index in [2.05, 4.69) is 21.2 Å². The van der Waals surface area contributed by atoms with Crippen LogP contribution in [0.4, 0.5) is 5.69 Å². The van der Waals surface area contributed by atoms with Gasteiger partial charge in [-0.15, -0.1) is 0 Å². The molecule has 1 N–H and O–H groups in total. The van der Waals surface area contributed by atoms with Crippen molar-refractivity contribution in [2.75, 3.05) is 5.32 Å². The fourth-order valence-electron chi connectivity index (χ4n) is 1.63. The average molecular weight is 359 g/mol. The summed E-state index contributed by atoms with van der Waals surface area (Å²) < 4.78 is 0.897. The summed E-state index contributed by atoms with van der Waals surface area (Å²) in [6.07, 6.45) is 0. The van der Waals surface area contributed by atoms with Crippen LogP contribution in [-0.2, 0) is 0 Å². The van der Waals surface area contributed by atoms with Crippen LogP contribution in [-0.4, -0.2) is 5.91 Å². The van der Waals surface area contributed by atoms with Gasteiger partial charge in [0, 0.05) is 15.7 Å². The molecule has 0 unspecified atom stereocenters. The number of rotatable bonds is 2. The maximum atomic E-state index is 12.2. The molecule has 0 fully saturated rings. The van der Waals surface area contributed by atoms with Crippen LogP contribution in [0.2, 0.25) is 10.0 Å². The molecule has 0 bridgehead atoms. The molecule has 0 radical (unpaired) electrons. The smallest absolute Gasteiger partial charge is 0.255 e. The Labute approximate surface area is 129 Å². The molecular formula is C14H10BrCl2NO. The molecule has 19 heavy (non-hydrogen) atoms. The number of benzene rings is 2. The van der Waals surface area contributed by atoms with Crippen molar-refractivity contribution in [2.45, 2.75) is 6.92 Å². The lowest BCUT2D eigenvalue weighted by Gasteiger charge is -2.09. The monoisotopic (exact) mass is 357 g/mol. The fraction of sp³-hybridized carbons (Fsp3) is 0.0714. The minimum absolute atomic E-state index is 0.183. The van der Waals surface area contributed by atoms with Gasteiger partial charge in [-0.05, 0) is 42.8 Å². The molecule has 0 saturated heterocycles. The first-order chi connectivity index (χ1) is 8.99. The van der Waals surface area contributed by atoms with Crippen LogP contribution in [0.1, 0.15) is 15.9 Å². The molecule has 0 spiro atoms. The van der Waals surface area contributed by atoms with Crippen LogP contribution in [0.15, 0.2) is 40.9 Å². The molecule has 2 nitrogen and oxygen atoms in total. The summed E-state index contributed by atoms with van der Waals surface area (Å²) in [5.74, 6) is -0.183. The van der Waals surface area contributed by atoms with Crippen LogP contribution in [0, 0.1) is 6.92 Å². The third-order valence-corrected chi connectivity index (χ3v) is 4.29. The van der Waals surface area contributed by atoms with E-state index in [4.69, 9.17) is 23.2 Å². The lowest BCUT2D eigenvalue weighted by atomic mass is 10.1. The van der Waals surface area contributed by atoms with E-state index in [1.165, 1.54) is 0 Å². The van der Waals surface area contributed by atoms with Gasteiger partial charge in [-0.2, -0.15) is 0 Å². The zero-order chi connectivity index (χ0) is 14.0. The number of hydrogen-bond donors (Lipinski definition) is 1. The third kappa shape index (κ3) is 3.30.